The fourth-order valence-corrected chi connectivity index (χ4v) is 5.59. The number of nitro groups is 1. The highest BCUT2D eigenvalue weighted by Crippen LogP contribution is 2.49. The zero-order valence-corrected chi connectivity index (χ0v) is 13.0. The summed E-state index contributed by atoms with van der Waals surface area (Å²) in [6, 6.07) is 5.51. The van der Waals surface area contributed by atoms with Gasteiger partial charge in [0.05, 0.1) is 4.92 Å². The third kappa shape index (κ3) is 2.22. The summed E-state index contributed by atoms with van der Waals surface area (Å²) < 4.78 is 27.0. The fraction of sp³-hybridized carbons (Fsp3) is 0.571. The SMILES string of the molecule is NC[C@]12CCC[C@H]1CN(S(=O)(=O)c1ccccc1[N+](=O)[O-])C2. The van der Waals surface area contributed by atoms with Crippen LogP contribution >= 0.6 is 0 Å². The Hall–Kier alpha value is -1.51. The smallest absolute Gasteiger partial charge is 0.289 e. The molecule has 2 N–H and O–H groups in total. The van der Waals surface area contributed by atoms with Crippen molar-refractivity contribution in [3.63, 3.8) is 0 Å². The number of nitro benzene ring substituents is 1. The van der Waals surface area contributed by atoms with Crippen molar-refractivity contribution in [3.8, 4) is 0 Å². The molecule has 2 fully saturated rings. The predicted molar refractivity (Wildman–Crippen MR) is 80.7 cm³/mol. The molecule has 0 radical (unpaired) electrons. The van der Waals surface area contributed by atoms with Crippen LogP contribution in [0.2, 0.25) is 0 Å². The normalized spacial score (nSPS) is 28.7. The molecule has 1 saturated carbocycles. The van der Waals surface area contributed by atoms with E-state index in [4.69, 9.17) is 5.73 Å². The zero-order chi connectivity index (χ0) is 16.0. The lowest BCUT2D eigenvalue weighted by Gasteiger charge is -2.26. The van der Waals surface area contributed by atoms with E-state index in [1.54, 1.807) is 0 Å². The van der Waals surface area contributed by atoms with Gasteiger partial charge in [0.25, 0.3) is 5.69 Å². The average Bonchev–Trinajstić information content (AvgIpc) is 3.04. The summed E-state index contributed by atoms with van der Waals surface area (Å²) in [5, 5.41) is 11.1. The highest BCUT2D eigenvalue weighted by molar-refractivity contribution is 7.89. The molecule has 1 heterocycles. The first-order chi connectivity index (χ1) is 10.4. The van der Waals surface area contributed by atoms with Gasteiger partial charge in [-0.3, -0.25) is 10.1 Å². The average molecular weight is 325 g/mol. The minimum atomic E-state index is -3.87. The number of hydrogen-bond donors (Lipinski definition) is 1. The highest BCUT2D eigenvalue weighted by atomic mass is 32.2. The minimum Gasteiger partial charge on any atom is -0.330 e. The van der Waals surface area contributed by atoms with Gasteiger partial charge >= 0.3 is 0 Å². The van der Waals surface area contributed by atoms with Gasteiger partial charge in [-0.25, -0.2) is 8.42 Å². The van der Waals surface area contributed by atoms with Gasteiger partial charge in [0, 0.05) is 24.6 Å². The first-order valence-corrected chi connectivity index (χ1v) is 8.78. The van der Waals surface area contributed by atoms with Crippen LogP contribution in [0.25, 0.3) is 0 Å². The monoisotopic (exact) mass is 325 g/mol. The molecular formula is C14H19N3O4S. The van der Waals surface area contributed by atoms with Crippen LogP contribution in [-0.4, -0.2) is 37.3 Å². The molecule has 0 unspecified atom stereocenters. The standard InChI is InChI=1S/C14H19N3O4S/c15-9-14-7-3-4-11(14)8-16(10-14)22(20,21)13-6-2-1-5-12(13)17(18)19/h1-2,5-6,11H,3-4,7-10,15H2/t11-,14-/m0/s1. The lowest BCUT2D eigenvalue weighted by Crippen LogP contribution is -2.36. The van der Waals surface area contributed by atoms with Crippen LogP contribution in [0.1, 0.15) is 19.3 Å². The van der Waals surface area contributed by atoms with Gasteiger partial charge in [-0.15, -0.1) is 0 Å². The Balaban J connectivity index is 1.97. The van der Waals surface area contributed by atoms with Gasteiger partial charge in [-0.2, -0.15) is 4.31 Å². The van der Waals surface area contributed by atoms with Crippen molar-refractivity contribution in [2.75, 3.05) is 19.6 Å². The van der Waals surface area contributed by atoms with Gasteiger partial charge < -0.3 is 5.73 Å². The molecular weight excluding hydrogens is 306 g/mol. The van der Waals surface area contributed by atoms with E-state index in [1.165, 1.54) is 28.6 Å². The molecule has 1 saturated heterocycles. The fourth-order valence-electron chi connectivity index (χ4n) is 3.85. The van der Waals surface area contributed by atoms with Crippen molar-refractivity contribution < 1.29 is 13.3 Å². The molecule has 0 spiro atoms. The maximum atomic E-state index is 12.8. The first-order valence-electron chi connectivity index (χ1n) is 7.34. The molecule has 3 rings (SSSR count). The second kappa shape index (κ2) is 5.29. The Labute approximate surface area is 129 Å². The molecule has 1 aromatic carbocycles. The second-order valence-corrected chi connectivity index (χ2v) is 8.08. The Morgan fingerprint density at radius 2 is 2.14 bits per heavy atom. The number of nitrogens with two attached hydrogens (primary N) is 1. The maximum absolute atomic E-state index is 12.8. The van der Waals surface area contributed by atoms with Gasteiger partial charge in [0.15, 0.2) is 4.90 Å². The number of benzene rings is 1. The summed E-state index contributed by atoms with van der Waals surface area (Å²) in [5.74, 6) is 0.259. The highest BCUT2D eigenvalue weighted by Gasteiger charge is 2.52. The topological polar surface area (TPSA) is 107 Å². The van der Waals surface area contributed by atoms with Gasteiger partial charge in [0.1, 0.15) is 0 Å². The summed E-state index contributed by atoms with van der Waals surface area (Å²) in [4.78, 5) is 10.2. The molecule has 1 aliphatic carbocycles. The molecule has 0 bridgehead atoms. The summed E-state index contributed by atoms with van der Waals surface area (Å²) in [6.45, 7) is 1.23. The third-order valence-electron chi connectivity index (χ3n) is 5.09. The van der Waals surface area contributed by atoms with Gasteiger partial charge in [0.2, 0.25) is 10.0 Å². The Morgan fingerprint density at radius 1 is 1.41 bits per heavy atom. The molecule has 0 aromatic heterocycles. The van der Waals surface area contributed by atoms with Crippen LogP contribution in [0, 0.1) is 21.4 Å². The van der Waals surface area contributed by atoms with Gasteiger partial charge in [-0.05, 0) is 31.4 Å². The summed E-state index contributed by atoms with van der Waals surface area (Å²) in [5.41, 5.74) is 5.37. The van der Waals surface area contributed by atoms with Crippen molar-refractivity contribution in [1.82, 2.24) is 4.31 Å². The lowest BCUT2D eigenvalue weighted by molar-refractivity contribution is -0.387. The van der Waals surface area contributed by atoms with Crippen molar-refractivity contribution in [2.24, 2.45) is 17.1 Å². The van der Waals surface area contributed by atoms with E-state index in [1.807, 2.05) is 0 Å². The minimum absolute atomic E-state index is 0.156. The quantitative estimate of drug-likeness (QED) is 0.664. The van der Waals surface area contributed by atoms with E-state index in [-0.39, 0.29) is 21.9 Å². The van der Waals surface area contributed by atoms with E-state index in [0.29, 0.717) is 19.6 Å². The molecule has 0 amide bonds. The molecule has 8 heteroatoms. The van der Waals surface area contributed by atoms with E-state index in [2.05, 4.69) is 0 Å². The number of sulfonamides is 1. The summed E-state index contributed by atoms with van der Waals surface area (Å²) in [7, 11) is -3.87. The van der Waals surface area contributed by atoms with Crippen LogP contribution in [0.15, 0.2) is 29.2 Å². The van der Waals surface area contributed by atoms with Crippen LogP contribution in [0.5, 0.6) is 0 Å². The first kappa shape index (κ1) is 15.4. The van der Waals surface area contributed by atoms with Crippen molar-refractivity contribution in [2.45, 2.75) is 24.2 Å². The van der Waals surface area contributed by atoms with E-state index >= 15 is 0 Å². The van der Waals surface area contributed by atoms with Crippen LogP contribution < -0.4 is 5.73 Å². The Bertz CT molecular complexity index is 706. The number of para-hydroxylation sites is 1. The molecule has 120 valence electrons. The molecule has 2 aliphatic rings. The number of hydrogen-bond acceptors (Lipinski definition) is 5. The molecule has 1 aromatic rings. The zero-order valence-electron chi connectivity index (χ0n) is 12.1. The lowest BCUT2D eigenvalue weighted by atomic mass is 9.81. The second-order valence-electron chi connectivity index (χ2n) is 6.18. The number of nitrogens with zero attached hydrogens (tertiary/aromatic N) is 2. The van der Waals surface area contributed by atoms with Crippen molar-refractivity contribution in [1.29, 1.82) is 0 Å². The van der Waals surface area contributed by atoms with E-state index in [0.717, 1.165) is 19.3 Å². The van der Waals surface area contributed by atoms with Crippen LogP contribution in [-0.2, 0) is 10.0 Å². The Kier molecular flexibility index (Phi) is 3.70. The number of rotatable bonds is 4. The van der Waals surface area contributed by atoms with E-state index in [9.17, 15) is 18.5 Å². The molecule has 7 nitrogen and oxygen atoms in total. The van der Waals surface area contributed by atoms with Crippen LogP contribution in [0.4, 0.5) is 5.69 Å². The van der Waals surface area contributed by atoms with Gasteiger partial charge in [-0.1, -0.05) is 18.6 Å². The van der Waals surface area contributed by atoms with Crippen LogP contribution in [0.3, 0.4) is 0 Å². The largest absolute Gasteiger partial charge is 0.330 e. The molecule has 1 aliphatic heterocycles. The van der Waals surface area contributed by atoms with Crippen molar-refractivity contribution in [3.05, 3.63) is 34.4 Å². The van der Waals surface area contributed by atoms with Crippen molar-refractivity contribution >= 4 is 15.7 Å². The summed E-state index contributed by atoms with van der Waals surface area (Å²) >= 11 is 0. The Morgan fingerprint density at radius 3 is 2.77 bits per heavy atom. The third-order valence-corrected chi connectivity index (χ3v) is 6.95. The number of fused-ring (bicyclic) bond motifs is 1. The predicted octanol–water partition coefficient (Wildman–Crippen LogP) is 1.34. The molecule has 22 heavy (non-hydrogen) atoms. The van der Waals surface area contributed by atoms with E-state index < -0.39 is 14.9 Å². The molecule has 2 atom stereocenters. The summed E-state index contributed by atoms with van der Waals surface area (Å²) in [6.07, 6.45) is 2.97. The maximum Gasteiger partial charge on any atom is 0.289 e.